The van der Waals surface area contributed by atoms with Crippen LogP contribution in [-0.4, -0.2) is 54.8 Å². The number of benzene rings is 1. The van der Waals surface area contributed by atoms with E-state index in [0.717, 1.165) is 16.6 Å². The maximum atomic E-state index is 12.2. The summed E-state index contributed by atoms with van der Waals surface area (Å²) in [6.45, 7) is 2.34. The molecule has 0 aliphatic carbocycles. The Morgan fingerprint density at radius 1 is 1.45 bits per heavy atom. The number of amides is 2. The maximum absolute atomic E-state index is 12.2. The summed E-state index contributed by atoms with van der Waals surface area (Å²) in [6.07, 6.45) is 0. The van der Waals surface area contributed by atoms with E-state index in [1.807, 2.05) is 24.3 Å². The molecule has 0 spiro atoms. The highest BCUT2D eigenvalue weighted by atomic mass is 79.9. The van der Waals surface area contributed by atoms with Gasteiger partial charge in [0, 0.05) is 31.2 Å². The van der Waals surface area contributed by atoms with E-state index in [2.05, 4.69) is 21.2 Å². The zero-order valence-corrected chi connectivity index (χ0v) is 13.0. The van der Waals surface area contributed by atoms with Gasteiger partial charge in [0.2, 0.25) is 11.8 Å². The maximum Gasteiger partial charge on any atom is 0.242 e. The van der Waals surface area contributed by atoms with Crippen LogP contribution in [0.25, 0.3) is 0 Å². The number of halogens is 1. The molecule has 0 saturated carbocycles. The Balaban J connectivity index is 1.92. The van der Waals surface area contributed by atoms with Crippen LogP contribution in [0.4, 0.5) is 0 Å². The van der Waals surface area contributed by atoms with Gasteiger partial charge >= 0.3 is 0 Å². The van der Waals surface area contributed by atoms with Gasteiger partial charge in [-0.15, -0.1) is 0 Å². The molecular weight excluding hydrogens is 322 g/mol. The molecule has 1 aliphatic rings. The summed E-state index contributed by atoms with van der Waals surface area (Å²) < 4.78 is 0.984. The number of hydrogen-bond donors (Lipinski definition) is 1. The van der Waals surface area contributed by atoms with E-state index >= 15 is 0 Å². The van der Waals surface area contributed by atoms with Crippen molar-refractivity contribution in [2.75, 3.05) is 33.2 Å². The van der Waals surface area contributed by atoms with Crippen LogP contribution < -0.4 is 5.32 Å². The summed E-state index contributed by atoms with van der Waals surface area (Å²) in [4.78, 5) is 27.1. The van der Waals surface area contributed by atoms with Gasteiger partial charge < -0.3 is 15.1 Å². The van der Waals surface area contributed by atoms with Crippen molar-refractivity contribution < 1.29 is 9.59 Å². The molecule has 0 atom stereocenters. The van der Waals surface area contributed by atoms with E-state index < -0.39 is 0 Å². The Bertz CT molecular complexity index is 507. The number of piperazine rings is 1. The highest BCUT2D eigenvalue weighted by Gasteiger charge is 2.21. The van der Waals surface area contributed by atoms with Gasteiger partial charge in [-0.05, 0) is 11.6 Å². The van der Waals surface area contributed by atoms with Crippen LogP contribution in [0.1, 0.15) is 5.56 Å². The van der Waals surface area contributed by atoms with E-state index in [4.69, 9.17) is 0 Å². The normalized spacial score (nSPS) is 15.3. The SMILES string of the molecule is CN(Cc1ccccc1Br)C(=O)CN1CCNCC1=O. The monoisotopic (exact) mass is 339 g/mol. The van der Waals surface area contributed by atoms with Gasteiger partial charge in [0.1, 0.15) is 0 Å². The minimum absolute atomic E-state index is 0.0149. The third kappa shape index (κ3) is 3.80. The smallest absolute Gasteiger partial charge is 0.242 e. The fourth-order valence-electron chi connectivity index (χ4n) is 2.07. The van der Waals surface area contributed by atoms with Gasteiger partial charge in [0.05, 0.1) is 13.1 Å². The van der Waals surface area contributed by atoms with Gasteiger partial charge in [0.15, 0.2) is 0 Å². The molecule has 5 nitrogen and oxygen atoms in total. The number of likely N-dealkylation sites (N-methyl/N-ethyl adjacent to an activating group) is 1. The Morgan fingerprint density at radius 2 is 2.20 bits per heavy atom. The molecule has 108 valence electrons. The lowest BCUT2D eigenvalue weighted by Crippen LogP contribution is -2.51. The molecule has 0 radical (unpaired) electrons. The van der Waals surface area contributed by atoms with Crippen molar-refractivity contribution in [3.05, 3.63) is 34.3 Å². The minimum Gasteiger partial charge on any atom is -0.340 e. The first kappa shape index (κ1) is 15.0. The predicted octanol–water partition coefficient (Wildman–Crippen LogP) is 0.839. The number of rotatable bonds is 4. The highest BCUT2D eigenvalue weighted by molar-refractivity contribution is 9.10. The number of nitrogens with zero attached hydrogens (tertiary/aromatic N) is 2. The Labute approximate surface area is 127 Å². The second-order valence-electron chi connectivity index (χ2n) is 4.83. The number of carbonyl (C=O) groups is 2. The van der Waals surface area contributed by atoms with Crippen molar-refractivity contribution in [2.45, 2.75) is 6.54 Å². The Kier molecular flexibility index (Phi) is 5.14. The van der Waals surface area contributed by atoms with Crippen LogP contribution >= 0.6 is 15.9 Å². The van der Waals surface area contributed by atoms with Gasteiger partial charge in [0.25, 0.3) is 0 Å². The average molecular weight is 340 g/mol. The van der Waals surface area contributed by atoms with E-state index in [1.54, 1.807) is 16.8 Å². The molecule has 1 N–H and O–H groups in total. The van der Waals surface area contributed by atoms with Crippen molar-refractivity contribution in [3.63, 3.8) is 0 Å². The third-order valence-corrected chi connectivity index (χ3v) is 4.08. The second-order valence-corrected chi connectivity index (χ2v) is 5.69. The summed E-state index contributed by atoms with van der Waals surface area (Å²) in [6, 6.07) is 7.81. The van der Waals surface area contributed by atoms with Crippen molar-refractivity contribution >= 4 is 27.7 Å². The standard InChI is InChI=1S/C14H18BrN3O2/c1-17(9-11-4-2-3-5-12(11)15)14(20)10-18-7-6-16-8-13(18)19/h2-5,16H,6-10H2,1H3. The van der Waals surface area contributed by atoms with Gasteiger partial charge in [-0.2, -0.15) is 0 Å². The molecular formula is C14H18BrN3O2. The highest BCUT2D eigenvalue weighted by Crippen LogP contribution is 2.17. The van der Waals surface area contributed by atoms with Crippen LogP contribution in [0.15, 0.2) is 28.7 Å². The Morgan fingerprint density at radius 3 is 2.90 bits per heavy atom. The fraction of sp³-hybridized carbons (Fsp3) is 0.429. The summed E-state index contributed by atoms with van der Waals surface area (Å²) in [7, 11) is 1.76. The van der Waals surface area contributed by atoms with Crippen LogP contribution in [-0.2, 0) is 16.1 Å². The lowest BCUT2D eigenvalue weighted by Gasteiger charge is -2.28. The molecule has 1 heterocycles. The topological polar surface area (TPSA) is 52.7 Å². The molecule has 20 heavy (non-hydrogen) atoms. The van der Waals surface area contributed by atoms with E-state index in [9.17, 15) is 9.59 Å². The molecule has 1 aromatic rings. The number of carbonyl (C=O) groups excluding carboxylic acids is 2. The molecule has 1 fully saturated rings. The third-order valence-electron chi connectivity index (χ3n) is 3.30. The van der Waals surface area contributed by atoms with E-state index in [1.165, 1.54) is 0 Å². The zero-order valence-electron chi connectivity index (χ0n) is 11.4. The predicted molar refractivity (Wildman–Crippen MR) is 80.1 cm³/mol. The first-order valence-electron chi connectivity index (χ1n) is 6.54. The zero-order chi connectivity index (χ0) is 14.5. The molecule has 6 heteroatoms. The quantitative estimate of drug-likeness (QED) is 0.884. The molecule has 1 aromatic carbocycles. The van der Waals surface area contributed by atoms with Crippen LogP contribution in [0.2, 0.25) is 0 Å². The first-order chi connectivity index (χ1) is 9.58. The lowest BCUT2D eigenvalue weighted by atomic mass is 10.2. The molecule has 0 unspecified atom stereocenters. The molecule has 0 aromatic heterocycles. The summed E-state index contributed by atoms with van der Waals surface area (Å²) in [5.41, 5.74) is 1.05. The van der Waals surface area contributed by atoms with Crippen LogP contribution in [0, 0.1) is 0 Å². The number of nitrogens with one attached hydrogen (secondary N) is 1. The lowest BCUT2D eigenvalue weighted by molar-refractivity contribution is -0.140. The van der Waals surface area contributed by atoms with E-state index in [-0.39, 0.29) is 18.4 Å². The summed E-state index contributed by atoms with van der Waals surface area (Å²) >= 11 is 3.47. The molecule has 2 rings (SSSR count). The van der Waals surface area contributed by atoms with Crippen molar-refractivity contribution in [1.29, 1.82) is 0 Å². The molecule has 0 bridgehead atoms. The van der Waals surface area contributed by atoms with Crippen molar-refractivity contribution in [2.24, 2.45) is 0 Å². The second kappa shape index (κ2) is 6.85. The minimum atomic E-state index is -0.0454. The molecule has 2 amide bonds. The Hall–Kier alpha value is -1.40. The van der Waals surface area contributed by atoms with Crippen LogP contribution in [0.3, 0.4) is 0 Å². The average Bonchev–Trinajstić information content (AvgIpc) is 2.43. The van der Waals surface area contributed by atoms with Gasteiger partial charge in [-0.25, -0.2) is 0 Å². The molecule has 1 aliphatic heterocycles. The first-order valence-corrected chi connectivity index (χ1v) is 7.33. The van der Waals surface area contributed by atoms with Crippen molar-refractivity contribution in [1.82, 2.24) is 15.1 Å². The van der Waals surface area contributed by atoms with Gasteiger partial charge in [-0.3, -0.25) is 9.59 Å². The molecule has 1 saturated heterocycles. The largest absolute Gasteiger partial charge is 0.340 e. The number of hydrogen-bond acceptors (Lipinski definition) is 3. The van der Waals surface area contributed by atoms with Crippen molar-refractivity contribution in [3.8, 4) is 0 Å². The summed E-state index contributed by atoms with van der Waals surface area (Å²) in [5, 5.41) is 2.99. The fourth-order valence-corrected chi connectivity index (χ4v) is 2.48. The van der Waals surface area contributed by atoms with Gasteiger partial charge in [-0.1, -0.05) is 34.1 Å². The summed E-state index contributed by atoms with van der Waals surface area (Å²) in [5.74, 6) is -0.0603. The van der Waals surface area contributed by atoms with Crippen LogP contribution in [0.5, 0.6) is 0 Å². The van der Waals surface area contributed by atoms with E-state index in [0.29, 0.717) is 19.6 Å².